The summed E-state index contributed by atoms with van der Waals surface area (Å²) >= 11 is 7.12. The molecule has 0 fully saturated rings. The summed E-state index contributed by atoms with van der Waals surface area (Å²) in [4.78, 5) is 12.0. The number of aromatic nitrogens is 3. The Bertz CT molecular complexity index is 898. The molecule has 0 aliphatic carbocycles. The van der Waals surface area contributed by atoms with Crippen LogP contribution in [0.3, 0.4) is 0 Å². The third-order valence-corrected chi connectivity index (χ3v) is 4.69. The average Bonchev–Trinajstić information content (AvgIpc) is 2.97. The summed E-state index contributed by atoms with van der Waals surface area (Å²) in [5.74, 6) is -0.00894. The first kappa shape index (κ1) is 17.4. The summed E-state index contributed by atoms with van der Waals surface area (Å²) in [6.45, 7) is 0. The van der Waals surface area contributed by atoms with Gasteiger partial charge in [-0.25, -0.2) is 4.39 Å². The van der Waals surface area contributed by atoms with Crippen LogP contribution in [0.15, 0.2) is 53.7 Å². The molecule has 1 aromatic heterocycles. The lowest BCUT2D eigenvalue weighted by Gasteiger charge is -2.06. The molecule has 1 N–H and O–H groups in total. The third-order valence-electron chi connectivity index (χ3n) is 3.42. The smallest absolute Gasteiger partial charge is 0.234 e. The summed E-state index contributed by atoms with van der Waals surface area (Å²) in [5.41, 5.74) is 1.04. The van der Waals surface area contributed by atoms with Crippen molar-refractivity contribution in [3.63, 3.8) is 0 Å². The standard InChI is InChI=1S/C17H14ClFN4OS/c1-23-16(11-6-8-12(18)9-7-11)21-22-17(23)25-10-15(24)20-14-5-3-2-4-13(14)19/h2-9H,10H2,1H3,(H,20,24). The molecule has 0 unspecified atom stereocenters. The molecule has 1 amide bonds. The Morgan fingerprint density at radius 2 is 1.92 bits per heavy atom. The summed E-state index contributed by atoms with van der Waals surface area (Å²) in [6, 6.07) is 13.3. The molecule has 0 aliphatic heterocycles. The van der Waals surface area contributed by atoms with Crippen LogP contribution in [0.1, 0.15) is 0 Å². The number of benzene rings is 2. The molecule has 3 rings (SSSR count). The van der Waals surface area contributed by atoms with Gasteiger partial charge in [0, 0.05) is 17.6 Å². The molecule has 0 aliphatic rings. The van der Waals surface area contributed by atoms with Gasteiger partial charge in [0.15, 0.2) is 11.0 Å². The lowest BCUT2D eigenvalue weighted by atomic mass is 10.2. The van der Waals surface area contributed by atoms with Gasteiger partial charge in [-0.2, -0.15) is 0 Å². The Morgan fingerprint density at radius 1 is 1.20 bits per heavy atom. The maximum atomic E-state index is 13.5. The van der Waals surface area contributed by atoms with E-state index in [0.29, 0.717) is 16.0 Å². The molecule has 128 valence electrons. The Morgan fingerprint density at radius 3 is 2.64 bits per heavy atom. The van der Waals surface area contributed by atoms with Gasteiger partial charge in [0.05, 0.1) is 11.4 Å². The van der Waals surface area contributed by atoms with E-state index < -0.39 is 5.82 Å². The molecule has 2 aromatic carbocycles. The lowest BCUT2D eigenvalue weighted by Crippen LogP contribution is -2.15. The van der Waals surface area contributed by atoms with E-state index in [9.17, 15) is 9.18 Å². The number of hydrogen-bond donors (Lipinski definition) is 1. The number of thioether (sulfide) groups is 1. The fourth-order valence-corrected chi connectivity index (χ4v) is 3.01. The van der Waals surface area contributed by atoms with Crippen molar-refractivity contribution >= 4 is 35.0 Å². The first-order valence-corrected chi connectivity index (χ1v) is 8.73. The second-order valence-corrected chi connectivity index (χ2v) is 6.57. The van der Waals surface area contributed by atoms with Crippen molar-refractivity contribution in [1.29, 1.82) is 0 Å². The number of carbonyl (C=O) groups excluding carboxylic acids is 1. The number of nitrogens with zero attached hydrogens (tertiary/aromatic N) is 3. The van der Waals surface area contributed by atoms with Crippen molar-refractivity contribution < 1.29 is 9.18 Å². The Labute approximate surface area is 153 Å². The highest BCUT2D eigenvalue weighted by Crippen LogP contribution is 2.24. The monoisotopic (exact) mass is 376 g/mol. The molecule has 25 heavy (non-hydrogen) atoms. The van der Waals surface area contributed by atoms with Crippen molar-refractivity contribution in [2.24, 2.45) is 7.05 Å². The zero-order valence-electron chi connectivity index (χ0n) is 13.2. The highest BCUT2D eigenvalue weighted by Gasteiger charge is 2.13. The van der Waals surface area contributed by atoms with Gasteiger partial charge >= 0.3 is 0 Å². The topological polar surface area (TPSA) is 59.8 Å². The highest BCUT2D eigenvalue weighted by atomic mass is 35.5. The Kier molecular flexibility index (Phi) is 5.35. The van der Waals surface area contributed by atoms with Crippen molar-refractivity contribution in [3.05, 3.63) is 59.4 Å². The number of halogens is 2. The van der Waals surface area contributed by atoms with Crippen LogP contribution in [0.25, 0.3) is 11.4 Å². The van der Waals surface area contributed by atoms with Gasteiger partial charge in [-0.1, -0.05) is 35.5 Å². The highest BCUT2D eigenvalue weighted by molar-refractivity contribution is 7.99. The Balaban J connectivity index is 1.65. The van der Waals surface area contributed by atoms with Crippen LogP contribution in [-0.2, 0) is 11.8 Å². The van der Waals surface area contributed by atoms with E-state index in [0.717, 1.165) is 5.56 Å². The van der Waals surface area contributed by atoms with Crippen LogP contribution >= 0.6 is 23.4 Å². The molecule has 3 aromatic rings. The van der Waals surface area contributed by atoms with Crippen molar-refractivity contribution in [1.82, 2.24) is 14.8 Å². The molecule has 5 nitrogen and oxygen atoms in total. The summed E-state index contributed by atoms with van der Waals surface area (Å²) < 4.78 is 15.3. The average molecular weight is 377 g/mol. The first-order valence-electron chi connectivity index (χ1n) is 7.37. The van der Waals surface area contributed by atoms with E-state index in [1.807, 2.05) is 19.2 Å². The van der Waals surface area contributed by atoms with E-state index in [-0.39, 0.29) is 17.3 Å². The minimum absolute atomic E-state index is 0.0981. The van der Waals surface area contributed by atoms with Crippen LogP contribution in [-0.4, -0.2) is 26.4 Å². The predicted octanol–water partition coefficient (Wildman–Crippen LogP) is 4.01. The minimum atomic E-state index is -0.468. The zero-order chi connectivity index (χ0) is 17.8. The van der Waals surface area contributed by atoms with E-state index in [2.05, 4.69) is 15.5 Å². The minimum Gasteiger partial charge on any atom is -0.323 e. The zero-order valence-corrected chi connectivity index (χ0v) is 14.8. The summed E-state index contributed by atoms with van der Waals surface area (Å²) in [5, 5.41) is 12.0. The van der Waals surface area contributed by atoms with Gasteiger partial charge in [0.1, 0.15) is 5.82 Å². The molecular formula is C17H14ClFN4OS. The maximum absolute atomic E-state index is 13.5. The van der Waals surface area contributed by atoms with Gasteiger partial charge in [0.2, 0.25) is 5.91 Å². The Hall–Kier alpha value is -2.38. The van der Waals surface area contributed by atoms with Crippen molar-refractivity contribution in [3.8, 4) is 11.4 Å². The molecule has 1 heterocycles. The normalized spacial score (nSPS) is 10.7. The largest absolute Gasteiger partial charge is 0.323 e. The molecule has 0 saturated carbocycles. The van der Waals surface area contributed by atoms with Crippen LogP contribution in [0.2, 0.25) is 5.02 Å². The maximum Gasteiger partial charge on any atom is 0.234 e. The second kappa shape index (κ2) is 7.67. The van der Waals surface area contributed by atoms with Crippen LogP contribution < -0.4 is 5.32 Å². The van der Waals surface area contributed by atoms with E-state index in [1.54, 1.807) is 28.8 Å². The lowest BCUT2D eigenvalue weighted by molar-refractivity contribution is -0.113. The van der Waals surface area contributed by atoms with Crippen LogP contribution in [0.4, 0.5) is 10.1 Å². The quantitative estimate of drug-likeness (QED) is 0.683. The second-order valence-electron chi connectivity index (χ2n) is 5.19. The predicted molar refractivity (Wildman–Crippen MR) is 97.2 cm³/mol. The van der Waals surface area contributed by atoms with Crippen molar-refractivity contribution in [2.75, 3.05) is 11.1 Å². The molecule has 0 atom stereocenters. The molecule has 0 bridgehead atoms. The van der Waals surface area contributed by atoms with E-state index >= 15 is 0 Å². The summed E-state index contributed by atoms with van der Waals surface area (Å²) in [6.07, 6.45) is 0. The van der Waals surface area contributed by atoms with Gasteiger partial charge in [-0.3, -0.25) is 4.79 Å². The molecule has 0 saturated heterocycles. The van der Waals surface area contributed by atoms with E-state index in [4.69, 9.17) is 11.6 Å². The molecule has 0 spiro atoms. The number of nitrogens with one attached hydrogen (secondary N) is 1. The third kappa shape index (κ3) is 4.18. The number of rotatable bonds is 5. The fourth-order valence-electron chi connectivity index (χ4n) is 2.17. The van der Waals surface area contributed by atoms with Gasteiger partial charge < -0.3 is 9.88 Å². The molecule has 8 heteroatoms. The van der Waals surface area contributed by atoms with Crippen LogP contribution in [0, 0.1) is 5.82 Å². The molecular weight excluding hydrogens is 363 g/mol. The fraction of sp³-hybridized carbons (Fsp3) is 0.118. The van der Waals surface area contributed by atoms with Crippen molar-refractivity contribution in [2.45, 2.75) is 5.16 Å². The van der Waals surface area contributed by atoms with Gasteiger partial charge in [0.25, 0.3) is 0 Å². The van der Waals surface area contributed by atoms with Gasteiger partial charge in [-0.15, -0.1) is 10.2 Å². The number of anilines is 1. The van der Waals surface area contributed by atoms with Gasteiger partial charge in [-0.05, 0) is 36.4 Å². The summed E-state index contributed by atoms with van der Waals surface area (Å²) in [7, 11) is 1.82. The molecule has 0 radical (unpaired) electrons. The van der Waals surface area contributed by atoms with E-state index in [1.165, 1.54) is 23.9 Å². The number of carbonyl (C=O) groups is 1. The van der Waals surface area contributed by atoms with Crippen LogP contribution in [0.5, 0.6) is 0 Å². The SMILES string of the molecule is Cn1c(SCC(=O)Nc2ccccc2F)nnc1-c1ccc(Cl)cc1. The number of hydrogen-bond acceptors (Lipinski definition) is 4. The number of para-hydroxylation sites is 1. The first-order chi connectivity index (χ1) is 12.0. The number of amides is 1.